The Morgan fingerprint density at radius 1 is 1.64 bits per heavy atom. The molecule has 1 aliphatic rings. The average Bonchev–Trinajstić information content (AvgIpc) is 2.42. The van der Waals surface area contributed by atoms with E-state index in [4.69, 9.17) is 5.73 Å². The first-order valence-electron chi connectivity index (χ1n) is 3.66. The Labute approximate surface area is 72.0 Å². The lowest BCUT2D eigenvalue weighted by Crippen LogP contribution is -2.00. The van der Waals surface area contributed by atoms with Gasteiger partial charge in [-0.25, -0.2) is 0 Å². The quantitative estimate of drug-likeness (QED) is 0.680. The van der Waals surface area contributed by atoms with Crippen LogP contribution in [0.2, 0.25) is 0 Å². The summed E-state index contributed by atoms with van der Waals surface area (Å²) >= 11 is 0. The third-order valence-corrected chi connectivity index (χ3v) is 1.93. The van der Waals surface area contributed by atoms with Crippen LogP contribution >= 0.6 is 12.4 Å². The Bertz CT molecular complexity index is 222. The van der Waals surface area contributed by atoms with Crippen molar-refractivity contribution in [3.05, 3.63) is 17.5 Å². The van der Waals surface area contributed by atoms with E-state index in [0.29, 0.717) is 6.54 Å². The predicted octanol–water partition coefficient (Wildman–Crippen LogP) is 0.710. The minimum Gasteiger partial charge on any atom is -0.325 e. The molecule has 0 fully saturated rings. The van der Waals surface area contributed by atoms with E-state index in [0.717, 1.165) is 12.2 Å². The number of nitrogens with zero attached hydrogens (tertiary/aromatic N) is 2. The fourth-order valence-electron chi connectivity index (χ4n) is 1.42. The Morgan fingerprint density at radius 3 is 3.09 bits per heavy atom. The zero-order valence-corrected chi connectivity index (χ0v) is 7.10. The molecule has 1 aromatic heterocycles. The van der Waals surface area contributed by atoms with Gasteiger partial charge in [-0.05, 0) is 18.9 Å². The van der Waals surface area contributed by atoms with Gasteiger partial charge in [-0.1, -0.05) is 0 Å². The molecule has 0 unspecified atom stereocenters. The molecule has 62 valence electrons. The monoisotopic (exact) mass is 173 g/mol. The van der Waals surface area contributed by atoms with E-state index < -0.39 is 0 Å². The first kappa shape index (κ1) is 8.56. The van der Waals surface area contributed by atoms with Gasteiger partial charge in [0.2, 0.25) is 0 Å². The van der Waals surface area contributed by atoms with E-state index in [1.165, 1.54) is 18.5 Å². The van der Waals surface area contributed by atoms with Gasteiger partial charge in [0.15, 0.2) is 0 Å². The van der Waals surface area contributed by atoms with Crippen molar-refractivity contribution in [3.63, 3.8) is 0 Å². The van der Waals surface area contributed by atoms with Gasteiger partial charge in [0, 0.05) is 18.8 Å². The van der Waals surface area contributed by atoms with Gasteiger partial charge in [-0.2, -0.15) is 5.10 Å². The number of nitrogens with two attached hydrogens (primary N) is 1. The number of halogens is 1. The summed E-state index contributed by atoms with van der Waals surface area (Å²) in [5, 5.41) is 4.30. The molecule has 1 aromatic rings. The molecule has 2 N–H and O–H groups in total. The summed E-state index contributed by atoms with van der Waals surface area (Å²) in [6.07, 6.45) is 2.42. The molecule has 0 radical (unpaired) electrons. The van der Waals surface area contributed by atoms with Crippen molar-refractivity contribution in [3.8, 4) is 0 Å². The van der Waals surface area contributed by atoms with E-state index >= 15 is 0 Å². The Balaban J connectivity index is 0.000000605. The molecule has 0 aliphatic carbocycles. The van der Waals surface area contributed by atoms with Crippen molar-refractivity contribution >= 4 is 12.4 Å². The van der Waals surface area contributed by atoms with Gasteiger partial charge in [0.1, 0.15) is 0 Å². The van der Waals surface area contributed by atoms with E-state index in [2.05, 4.69) is 15.8 Å². The molecule has 0 spiro atoms. The Morgan fingerprint density at radius 2 is 2.45 bits per heavy atom. The van der Waals surface area contributed by atoms with Crippen LogP contribution in [0.3, 0.4) is 0 Å². The zero-order valence-electron chi connectivity index (χ0n) is 6.29. The maximum absolute atomic E-state index is 5.44. The summed E-state index contributed by atoms with van der Waals surface area (Å²) in [6, 6.07) is 2.10. The van der Waals surface area contributed by atoms with Crippen LogP contribution in [0.4, 0.5) is 0 Å². The van der Waals surface area contributed by atoms with Crippen molar-refractivity contribution in [2.75, 3.05) is 0 Å². The van der Waals surface area contributed by atoms with E-state index in [9.17, 15) is 0 Å². The molecule has 0 saturated carbocycles. The number of fused-ring (bicyclic) bond motifs is 1. The molecule has 3 nitrogen and oxygen atoms in total. The molecule has 2 rings (SSSR count). The minimum atomic E-state index is 0. The molecule has 0 bridgehead atoms. The summed E-state index contributed by atoms with van der Waals surface area (Å²) in [5.41, 5.74) is 7.81. The first-order valence-corrected chi connectivity index (χ1v) is 3.66. The van der Waals surface area contributed by atoms with Crippen LogP contribution in [-0.2, 0) is 19.5 Å². The summed E-state index contributed by atoms with van der Waals surface area (Å²) in [4.78, 5) is 0. The molecule has 2 heterocycles. The van der Waals surface area contributed by atoms with Crippen molar-refractivity contribution in [2.45, 2.75) is 25.9 Å². The molecular formula is C7H12ClN3. The second kappa shape index (κ2) is 3.24. The van der Waals surface area contributed by atoms with E-state index in [1.807, 2.05) is 0 Å². The number of aryl methyl sites for hydroxylation is 2. The number of hydrogen-bond acceptors (Lipinski definition) is 2. The van der Waals surface area contributed by atoms with Gasteiger partial charge in [-0.15, -0.1) is 12.4 Å². The fraction of sp³-hybridized carbons (Fsp3) is 0.571. The van der Waals surface area contributed by atoms with Crippen molar-refractivity contribution < 1.29 is 0 Å². The third kappa shape index (κ3) is 1.39. The van der Waals surface area contributed by atoms with Gasteiger partial charge in [0.05, 0.1) is 5.69 Å². The predicted molar refractivity (Wildman–Crippen MR) is 45.7 cm³/mol. The lowest BCUT2D eigenvalue weighted by Gasteiger charge is -1.90. The van der Waals surface area contributed by atoms with Crippen LogP contribution in [0.1, 0.15) is 17.8 Å². The van der Waals surface area contributed by atoms with Crippen LogP contribution in [-0.4, -0.2) is 9.78 Å². The van der Waals surface area contributed by atoms with Gasteiger partial charge in [-0.3, -0.25) is 4.68 Å². The normalized spacial score (nSPS) is 14.3. The van der Waals surface area contributed by atoms with E-state index in [-0.39, 0.29) is 12.4 Å². The highest BCUT2D eigenvalue weighted by atomic mass is 35.5. The van der Waals surface area contributed by atoms with Crippen LogP contribution in [0, 0.1) is 0 Å². The topological polar surface area (TPSA) is 43.8 Å². The molecule has 1 aliphatic heterocycles. The summed E-state index contributed by atoms with van der Waals surface area (Å²) in [6.45, 7) is 1.65. The number of rotatable bonds is 1. The van der Waals surface area contributed by atoms with Gasteiger partial charge >= 0.3 is 0 Å². The zero-order chi connectivity index (χ0) is 6.97. The molecular weight excluding hydrogens is 162 g/mol. The SMILES string of the molecule is Cl.NCc1cc2n(n1)CCC2. The average molecular weight is 174 g/mol. The number of aromatic nitrogens is 2. The van der Waals surface area contributed by atoms with Crippen molar-refractivity contribution in [1.29, 1.82) is 0 Å². The molecule has 4 heteroatoms. The first-order chi connectivity index (χ1) is 4.90. The van der Waals surface area contributed by atoms with E-state index in [1.54, 1.807) is 0 Å². The maximum atomic E-state index is 5.44. The van der Waals surface area contributed by atoms with Crippen LogP contribution < -0.4 is 5.73 Å². The summed E-state index contributed by atoms with van der Waals surface area (Å²) in [7, 11) is 0. The Kier molecular flexibility index (Phi) is 2.52. The maximum Gasteiger partial charge on any atom is 0.0763 e. The minimum absolute atomic E-state index is 0. The molecule has 0 atom stereocenters. The molecule has 0 amide bonds. The van der Waals surface area contributed by atoms with Crippen molar-refractivity contribution in [1.82, 2.24) is 9.78 Å². The fourth-order valence-corrected chi connectivity index (χ4v) is 1.42. The van der Waals surface area contributed by atoms with Gasteiger partial charge < -0.3 is 5.73 Å². The highest BCUT2D eigenvalue weighted by Crippen LogP contribution is 2.14. The third-order valence-electron chi connectivity index (χ3n) is 1.93. The van der Waals surface area contributed by atoms with Crippen molar-refractivity contribution in [2.24, 2.45) is 5.73 Å². The lowest BCUT2D eigenvalue weighted by molar-refractivity contribution is 0.644. The molecule has 0 aromatic carbocycles. The standard InChI is InChI=1S/C7H11N3.ClH/c8-5-6-4-7-2-1-3-10(7)9-6;/h4H,1-3,5,8H2;1H. The van der Waals surface area contributed by atoms with Crippen LogP contribution in [0.5, 0.6) is 0 Å². The Hall–Kier alpha value is -0.540. The summed E-state index contributed by atoms with van der Waals surface area (Å²) in [5.74, 6) is 0. The smallest absolute Gasteiger partial charge is 0.0763 e. The van der Waals surface area contributed by atoms with Crippen LogP contribution in [0.15, 0.2) is 6.07 Å². The molecule has 0 saturated heterocycles. The summed E-state index contributed by atoms with van der Waals surface area (Å²) < 4.78 is 2.06. The van der Waals surface area contributed by atoms with Crippen LogP contribution in [0.25, 0.3) is 0 Å². The lowest BCUT2D eigenvalue weighted by atomic mass is 10.3. The highest BCUT2D eigenvalue weighted by Gasteiger charge is 2.11. The second-order valence-corrected chi connectivity index (χ2v) is 2.66. The second-order valence-electron chi connectivity index (χ2n) is 2.66. The highest BCUT2D eigenvalue weighted by molar-refractivity contribution is 5.85. The van der Waals surface area contributed by atoms with Gasteiger partial charge in [0.25, 0.3) is 0 Å². The largest absolute Gasteiger partial charge is 0.325 e. The number of hydrogen-bond donors (Lipinski definition) is 1. The molecule has 11 heavy (non-hydrogen) atoms.